The Morgan fingerprint density at radius 3 is 2.44 bits per heavy atom. The molecule has 5 N–H and O–H groups in total. The predicted molar refractivity (Wildman–Crippen MR) is 142 cm³/mol. The monoisotopic (exact) mass is 585 g/mol. The van der Waals surface area contributed by atoms with E-state index in [4.69, 9.17) is 4.74 Å². The van der Waals surface area contributed by atoms with Gasteiger partial charge in [0, 0.05) is 38.3 Å². The summed E-state index contributed by atoms with van der Waals surface area (Å²) in [5.74, 6) is -2.46. The predicted octanol–water partition coefficient (Wildman–Crippen LogP) is 1.92. The number of nitrogens with zero attached hydrogens (tertiary/aromatic N) is 3. The number of rotatable bonds is 8. The number of fused-ring (bicyclic) bond motifs is 2. The van der Waals surface area contributed by atoms with Crippen molar-refractivity contribution in [2.75, 3.05) is 31.6 Å². The first-order valence-electron chi connectivity index (χ1n) is 12.6. The fraction of sp³-hybridized carbons (Fsp3) is 0.542. The van der Waals surface area contributed by atoms with Gasteiger partial charge in [-0.25, -0.2) is 9.18 Å². The van der Waals surface area contributed by atoms with Crippen LogP contribution in [-0.2, 0) is 4.79 Å². The van der Waals surface area contributed by atoms with Crippen molar-refractivity contribution in [1.29, 1.82) is 0 Å². The number of carbonyl (C=O) groups is 2. The molecule has 2 aliphatic heterocycles. The summed E-state index contributed by atoms with van der Waals surface area (Å²) < 4.78 is 23.1. The van der Waals surface area contributed by atoms with Crippen LogP contribution in [0.5, 0.6) is 5.75 Å². The third-order valence-corrected chi connectivity index (χ3v) is 10.6. The van der Waals surface area contributed by atoms with E-state index in [9.17, 15) is 39.1 Å². The van der Waals surface area contributed by atoms with Gasteiger partial charge in [0.15, 0.2) is 28.3 Å². The minimum atomic E-state index is -2.72. The molecule has 3 heterocycles. The minimum Gasteiger partial charge on any atom is -0.492 e. The highest BCUT2D eigenvalue weighted by Crippen LogP contribution is 2.51. The van der Waals surface area contributed by atoms with Gasteiger partial charge < -0.3 is 43.8 Å². The highest BCUT2D eigenvalue weighted by Gasteiger charge is 2.44. The number of aromatic carboxylic acids is 1. The zero-order valence-electron chi connectivity index (χ0n) is 21.1. The Labute approximate surface area is 225 Å². The number of methoxy groups -OCH3 is 1. The number of hydrogen-bond donors (Lipinski definition) is 5. The number of hydrogen-bond acceptors (Lipinski definition) is 9. The number of halogens is 1. The van der Waals surface area contributed by atoms with E-state index in [1.54, 1.807) is 14.4 Å². The molecule has 5 rings (SSSR count). The van der Waals surface area contributed by atoms with Crippen LogP contribution in [0.2, 0.25) is 0 Å². The molecule has 2 unspecified atom stereocenters. The number of ether oxygens (including phenoxy) is 1. The van der Waals surface area contributed by atoms with Crippen molar-refractivity contribution >= 4 is 45.2 Å². The Morgan fingerprint density at radius 2 is 1.85 bits per heavy atom. The summed E-state index contributed by atoms with van der Waals surface area (Å²) in [4.78, 5) is 79.4. The van der Waals surface area contributed by atoms with Crippen molar-refractivity contribution in [3.8, 4) is 5.75 Å². The number of benzene rings is 1. The van der Waals surface area contributed by atoms with Crippen LogP contribution in [0.15, 0.2) is 17.1 Å². The minimum absolute atomic E-state index is 0.0181. The molecular formula is C24H30FN3O9P2. The van der Waals surface area contributed by atoms with Crippen LogP contribution < -0.4 is 15.1 Å². The number of carboxylic acid groups (broad SMARTS) is 1. The average Bonchev–Trinajstić information content (AvgIpc) is 3.63. The van der Waals surface area contributed by atoms with Crippen molar-refractivity contribution in [3.05, 3.63) is 33.9 Å². The van der Waals surface area contributed by atoms with Crippen LogP contribution in [0.3, 0.4) is 0 Å². The molecule has 3 fully saturated rings. The number of likely N-dealkylation sites (tertiary alicyclic amines) is 1. The Balaban J connectivity index is 1.52. The van der Waals surface area contributed by atoms with Crippen molar-refractivity contribution in [1.82, 2.24) is 9.47 Å². The summed E-state index contributed by atoms with van der Waals surface area (Å²) in [5.41, 5.74) is -0.771. The molecule has 1 amide bonds. The molecule has 15 heteroatoms. The van der Waals surface area contributed by atoms with Crippen LogP contribution >= 0.6 is 16.8 Å². The lowest BCUT2D eigenvalue weighted by atomic mass is 9.92. The molecule has 1 saturated carbocycles. The van der Waals surface area contributed by atoms with Gasteiger partial charge in [0.05, 0.1) is 24.1 Å². The number of aromatic nitrogens is 1. The molecule has 0 bridgehead atoms. The van der Waals surface area contributed by atoms with E-state index in [1.807, 2.05) is 0 Å². The standard InChI is InChI=1S/C24H30FN3O9P2/c1-37-23-20-14(22(30)15(24(31)32)10-28(20)13-4-5-13)7-16(25)21(23)26-9-12-3-2-6-27(17(12)11-26)18(29)8-19(38(33)34)39(35)36/h7,10,12-13,17,19,33-36H,2-6,8-9,11H2,1H3,(H,31,32). The molecule has 2 aromatic rings. The van der Waals surface area contributed by atoms with E-state index < -0.39 is 57.3 Å². The number of anilines is 1. The van der Waals surface area contributed by atoms with Crippen LogP contribution in [0.25, 0.3) is 10.9 Å². The largest absolute Gasteiger partial charge is 0.492 e. The van der Waals surface area contributed by atoms with Gasteiger partial charge in [-0.15, -0.1) is 0 Å². The van der Waals surface area contributed by atoms with E-state index in [0.29, 0.717) is 25.0 Å². The lowest BCUT2D eigenvalue weighted by molar-refractivity contribution is -0.135. The topological polar surface area (TPSA) is 173 Å². The first-order chi connectivity index (χ1) is 18.5. The van der Waals surface area contributed by atoms with Gasteiger partial charge in [0.2, 0.25) is 11.3 Å². The molecule has 2 atom stereocenters. The lowest BCUT2D eigenvalue weighted by Gasteiger charge is -2.37. The second-order valence-corrected chi connectivity index (χ2v) is 13.2. The summed E-state index contributed by atoms with van der Waals surface area (Å²) in [5, 5.41) is 8.13. The second-order valence-electron chi connectivity index (χ2n) is 10.2. The molecular weight excluding hydrogens is 555 g/mol. The maximum atomic E-state index is 15.8. The molecule has 2 saturated heterocycles. The number of amides is 1. The SMILES string of the molecule is COc1c(N2CC3CCCN(C(=O)CC(P(O)O)P(O)O)C3C2)c(F)cc2c(=O)c(C(=O)O)cn(C3CC3)c12. The van der Waals surface area contributed by atoms with Crippen molar-refractivity contribution in [2.45, 2.75) is 49.6 Å². The first-order valence-corrected chi connectivity index (χ1v) is 15.2. The van der Waals surface area contributed by atoms with Gasteiger partial charge in [-0.05, 0) is 37.7 Å². The average molecular weight is 585 g/mol. The summed E-state index contributed by atoms with van der Waals surface area (Å²) in [6.45, 7) is 1.05. The quantitative estimate of drug-likeness (QED) is 0.288. The first kappa shape index (κ1) is 28.1. The van der Waals surface area contributed by atoms with Gasteiger partial charge in [0.1, 0.15) is 16.7 Å². The second kappa shape index (κ2) is 10.9. The molecule has 3 aliphatic rings. The molecule has 1 aromatic carbocycles. The van der Waals surface area contributed by atoms with Gasteiger partial charge >= 0.3 is 5.97 Å². The molecule has 1 aromatic heterocycles. The van der Waals surface area contributed by atoms with E-state index in [-0.39, 0.29) is 41.4 Å². The van der Waals surface area contributed by atoms with E-state index in [0.717, 1.165) is 25.3 Å². The fourth-order valence-electron chi connectivity index (χ4n) is 5.93. The number of carbonyl (C=O) groups excluding carboxylic acids is 1. The van der Waals surface area contributed by atoms with Crippen molar-refractivity contribution in [3.63, 3.8) is 0 Å². The zero-order valence-corrected chi connectivity index (χ0v) is 22.9. The number of piperidine rings is 1. The number of carboxylic acids is 1. The Kier molecular flexibility index (Phi) is 7.85. The van der Waals surface area contributed by atoms with Crippen LogP contribution in [0, 0.1) is 11.7 Å². The van der Waals surface area contributed by atoms with Gasteiger partial charge in [-0.3, -0.25) is 9.59 Å². The zero-order chi connectivity index (χ0) is 28.2. The van der Waals surface area contributed by atoms with E-state index in [2.05, 4.69) is 0 Å². The molecule has 12 nitrogen and oxygen atoms in total. The van der Waals surface area contributed by atoms with Gasteiger partial charge in [-0.2, -0.15) is 0 Å². The molecule has 1 aliphatic carbocycles. The van der Waals surface area contributed by atoms with Crippen LogP contribution in [0.1, 0.15) is 48.5 Å². The highest BCUT2D eigenvalue weighted by molar-refractivity contribution is 7.64. The summed E-state index contributed by atoms with van der Waals surface area (Å²) in [7, 11) is -4.06. The lowest BCUT2D eigenvalue weighted by Crippen LogP contribution is -2.49. The Hall–Kier alpha value is -2.40. The smallest absolute Gasteiger partial charge is 0.341 e. The maximum Gasteiger partial charge on any atom is 0.341 e. The van der Waals surface area contributed by atoms with Crippen LogP contribution in [0.4, 0.5) is 10.1 Å². The Bertz CT molecular complexity index is 1360. The molecule has 212 valence electrons. The third kappa shape index (κ3) is 5.12. The summed E-state index contributed by atoms with van der Waals surface area (Å²) in [6, 6.07) is 0.706. The van der Waals surface area contributed by atoms with Crippen molar-refractivity contribution in [2.24, 2.45) is 5.92 Å². The highest BCUT2D eigenvalue weighted by atomic mass is 31.2. The summed E-state index contributed by atoms with van der Waals surface area (Å²) >= 11 is 0. The maximum absolute atomic E-state index is 15.8. The normalized spacial score (nSPS) is 21.4. The molecule has 0 spiro atoms. The number of pyridine rings is 1. The van der Waals surface area contributed by atoms with E-state index in [1.165, 1.54) is 13.3 Å². The van der Waals surface area contributed by atoms with E-state index >= 15 is 4.39 Å². The Morgan fingerprint density at radius 1 is 1.15 bits per heavy atom. The molecule has 39 heavy (non-hydrogen) atoms. The molecule has 0 radical (unpaired) electrons. The third-order valence-electron chi connectivity index (χ3n) is 7.88. The fourth-order valence-corrected chi connectivity index (χ4v) is 7.30. The summed E-state index contributed by atoms with van der Waals surface area (Å²) in [6.07, 6.45) is 3.90. The van der Waals surface area contributed by atoms with Crippen LogP contribution in [-0.4, -0.2) is 84.2 Å². The van der Waals surface area contributed by atoms with Gasteiger partial charge in [-0.1, -0.05) is 0 Å². The van der Waals surface area contributed by atoms with Gasteiger partial charge in [0.25, 0.3) is 0 Å². The van der Waals surface area contributed by atoms with Crippen molar-refractivity contribution < 1.29 is 43.4 Å².